The van der Waals surface area contributed by atoms with Crippen molar-refractivity contribution in [2.45, 2.75) is 12.5 Å². The van der Waals surface area contributed by atoms with Gasteiger partial charge in [-0.1, -0.05) is 12.1 Å². The highest BCUT2D eigenvalue weighted by molar-refractivity contribution is 5.45. The Hall–Kier alpha value is -1.52. The van der Waals surface area contributed by atoms with Crippen LogP contribution in [0.15, 0.2) is 30.9 Å². The average molecular weight is 260 g/mol. The van der Waals surface area contributed by atoms with E-state index in [0.717, 1.165) is 44.1 Å². The molecule has 2 heterocycles. The van der Waals surface area contributed by atoms with Gasteiger partial charge in [-0.05, 0) is 24.1 Å². The summed E-state index contributed by atoms with van der Waals surface area (Å²) in [4.78, 5) is 2.51. The summed E-state index contributed by atoms with van der Waals surface area (Å²) >= 11 is 0. The third-order valence-corrected chi connectivity index (χ3v) is 3.76. The van der Waals surface area contributed by atoms with Gasteiger partial charge in [0.15, 0.2) is 11.5 Å². The van der Waals surface area contributed by atoms with Gasteiger partial charge in [-0.25, -0.2) is 0 Å². The van der Waals surface area contributed by atoms with E-state index in [9.17, 15) is 0 Å². The van der Waals surface area contributed by atoms with E-state index in [-0.39, 0.29) is 0 Å². The fraction of sp³-hybridized carbons (Fsp3) is 0.467. The van der Waals surface area contributed by atoms with Gasteiger partial charge in [-0.3, -0.25) is 4.90 Å². The Kier molecular flexibility index (Phi) is 3.71. The monoisotopic (exact) mass is 260 g/mol. The predicted octanol–water partition coefficient (Wildman–Crippen LogP) is 1.94. The van der Waals surface area contributed by atoms with Crippen LogP contribution in [0, 0.1) is 0 Å². The maximum absolute atomic E-state index is 5.48. The summed E-state index contributed by atoms with van der Waals surface area (Å²) in [6, 6.07) is 6.65. The lowest BCUT2D eigenvalue weighted by molar-refractivity contribution is 0.171. The molecule has 2 aliphatic rings. The minimum Gasteiger partial charge on any atom is -0.454 e. The summed E-state index contributed by atoms with van der Waals surface area (Å²) in [5.41, 5.74) is 1.28. The molecular formula is C15H20N2O2. The Labute approximate surface area is 114 Å². The van der Waals surface area contributed by atoms with E-state index in [4.69, 9.17) is 9.47 Å². The van der Waals surface area contributed by atoms with Crippen molar-refractivity contribution in [1.29, 1.82) is 0 Å². The predicted molar refractivity (Wildman–Crippen MR) is 74.6 cm³/mol. The highest BCUT2D eigenvalue weighted by Gasteiger charge is 2.23. The van der Waals surface area contributed by atoms with E-state index in [1.807, 2.05) is 12.1 Å². The molecule has 2 aliphatic heterocycles. The second kappa shape index (κ2) is 5.63. The maximum Gasteiger partial charge on any atom is 0.231 e. The topological polar surface area (TPSA) is 33.7 Å². The van der Waals surface area contributed by atoms with Crippen molar-refractivity contribution in [3.8, 4) is 11.5 Å². The van der Waals surface area contributed by atoms with Gasteiger partial charge in [-0.2, -0.15) is 0 Å². The number of fused-ring (bicyclic) bond motifs is 1. The van der Waals surface area contributed by atoms with Gasteiger partial charge in [0.1, 0.15) is 0 Å². The third kappa shape index (κ3) is 2.60. The quantitative estimate of drug-likeness (QED) is 0.839. The maximum atomic E-state index is 5.48. The van der Waals surface area contributed by atoms with Crippen molar-refractivity contribution in [2.75, 3.05) is 33.0 Å². The summed E-state index contributed by atoms with van der Waals surface area (Å²) in [5, 5.41) is 3.39. The van der Waals surface area contributed by atoms with Gasteiger partial charge >= 0.3 is 0 Å². The lowest BCUT2D eigenvalue weighted by atomic mass is 10.0. The molecule has 1 saturated heterocycles. The Morgan fingerprint density at radius 1 is 1.26 bits per heavy atom. The number of piperazine rings is 1. The van der Waals surface area contributed by atoms with Gasteiger partial charge in [0, 0.05) is 32.2 Å². The van der Waals surface area contributed by atoms with Crippen LogP contribution in [0.25, 0.3) is 0 Å². The zero-order valence-corrected chi connectivity index (χ0v) is 11.1. The van der Waals surface area contributed by atoms with Crippen molar-refractivity contribution >= 4 is 0 Å². The van der Waals surface area contributed by atoms with Crippen molar-refractivity contribution < 1.29 is 9.47 Å². The third-order valence-electron chi connectivity index (χ3n) is 3.76. The van der Waals surface area contributed by atoms with Crippen molar-refractivity contribution in [3.05, 3.63) is 36.4 Å². The highest BCUT2D eigenvalue weighted by atomic mass is 16.7. The molecule has 102 valence electrons. The minimum atomic E-state index is 0.332. The van der Waals surface area contributed by atoms with Gasteiger partial charge in [0.2, 0.25) is 6.79 Å². The standard InChI is InChI=1S/C15H20N2O2/c1-2-3-13(17-8-6-16-7-9-17)12-4-5-14-15(10-12)19-11-18-14/h2,4-5,10,13,16H,1,3,6-9,11H2/t13-/m0/s1. The summed E-state index contributed by atoms with van der Waals surface area (Å²) < 4.78 is 10.8. The molecule has 4 heteroatoms. The Morgan fingerprint density at radius 3 is 2.84 bits per heavy atom. The summed E-state index contributed by atoms with van der Waals surface area (Å²) in [7, 11) is 0. The van der Waals surface area contributed by atoms with Gasteiger partial charge in [0.25, 0.3) is 0 Å². The van der Waals surface area contributed by atoms with Crippen molar-refractivity contribution in [3.63, 3.8) is 0 Å². The fourth-order valence-electron chi connectivity index (χ4n) is 2.77. The number of benzene rings is 1. The number of hydrogen-bond donors (Lipinski definition) is 1. The Balaban J connectivity index is 1.84. The van der Waals surface area contributed by atoms with Crippen LogP contribution in [0.1, 0.15) is 18.0 Å². The largest absolute Gasteiger partial charge is 0.454 e. The zero-order chi connectivity index (χ0) is 13.1. The highest BCUT2D eigenvalue weighted by Crippen LogP contribution is 2.36. The van der Waals surface area contributed by atoms with Crippen LogP contribution in [0.3, 0.4) is 0 Å². The second-order valence-corrected chi connectivity index (χ2v) is 4.94. The van der Waals surface area contributed by atoms with Crippen LogP contribution >= 0.6 is 0 Å². The molecule has 0 unspecified atom stereocenters. The molecule has 0 aromatic heterocycles. The van der Waals surface area contributed by atoms with E-state index in [2.05, 4.69) is 28.9 Å². The SMILES string of the molecule is C=CC[C@@H](c1ccc2c(c1)OCO2)N1CCNCC1. The second-order valence-electron chi connectivity index (χ2n) is 4.94. The number of rotatable bonds is 4. The molecule has 1 atom stereocenters. The molecule has 0 aliphatic carbocycles. The lowest BCUT2D eigenvalue weighted by Crippen LogP contribution is -2.45. The molecule has 1 aromatic carbocycles. The van der Waals surface area contributed by atoms with E-state index in [1.165, 1.54) is 5.56 Å². The summed E-state index contributed by atoms with van der Waals surface area (Å²) in [6.07, 6.45) is 2.96. The minimum absolute atomic E-state index is 0.332. The molecule has 3 rings (SSSR count). The molecular weight excluding hydrogens is 240 g/mol. The van der Waals surface area contributed by atoms with Crippen molar-refractivity contribution in [1.82, 2.24) is 10.2 Å². The molecule has 0 spiro atoms. The molecule has 0 amide bonds. The lowest BCUT2D eigenvalue weighted by Gasteiger charge is -2.34. The first-order valence-corrected chi connectivity index (χ1v) is 6.83. The van der Waals surface area contributed by atoms with Gasteiger partial charge in [-0.15, -0.1) is 6.58 Å². The van der Waals surface area contributed by atoms with Crippen LogP contribution in [-0.4, -0.2) is 37.9 Å². The summed E-state index contributed by atoms with van der Waals surface area (Å²) in [5.74, 6) is 1.71. The molecule has 0 radical (unpaired) electrons. The molecule has 1 fully saturated rings. The Bertz CT molecular complexity index is 455. The van der Waals surface area contributed by atoms with E-state index in [0.29, 0.717) is 12.8 Å². The van der Waals surface area contributed by atoms with E-state index >= 15 is 0 Å². The average Bonchev–Trinajstić information content (AvgIpc) is 2.93. The zero-order valence-electron chi connectivity index (χ0n) is 11.1. The fourth-order valence-corrected chi connectivity index (χ4v) is 2.77. The first-order valence-electron chi connectivity index (χ1n) is 6.83. The van der Waals surface area contributed by atoms with Crippen LogP contribution in [0.5, 0.6) is 11.5 Å². The number of hydrogen-bond acceptors (Lipinski definition) is 4. The number of nitrogens with zero attached hydrogens (tertiary/aromatic N) is 1. The normalized spacial score (nSPS) is 20.2. The van der Waals surface area contributed by atoms with Crippen molar-refractivity contribution in [2.24, 2.45) is 0 Å². The molecule has 1 N–H and O–H groups in total. The van der Waals surface area contributed by atoms with Gasteiger partial charge in [0.05, 0.1) is 0 Å². The van der Waals surface area contributed by atoms with Crippen LogP contribution in [0.2, 0.25) is 0 Å². The molecule has 19 heavy (non-hydrogen) atoms. The molecule has 4 nitrogen and oxygen atoms in total. The van der Waals surface area contributed by atoms with Crippen LogP contribution < -0.4 is 14.8 Å². The first kappa shape index (κ1) is 12.5. The molecule has 0 saturated carbocycles. The van der Waals surface area contributed by atoms with E-state index < -0.39 is 0 Å². The Morgan fingerprint density at radius 2 is 2.05 bits per heavy atom. The smallest absolute Gasteiger partial charge is 0.231 e. The molecule has 0 bridgehead atoms. The summed E-state index contributed by atoms with van der Waals surface area (Å²) in [6.45, 7) is 8.49. The molecule has 1 aromatic rings. The van der Waals surface area contributed by atoms with Crippen LogP contribution in [-0.2, 0) is 0 Å². The van der Waals surface area contributed by atoms with Crippen LogP contribution in [0.4, 0.5) is 0 Å². The number of nitrogens with one attached hydrogen (secondary N) is 1. The van der Waals surface area contributed by atoms with E-state index in [1.54, 1.807) is 0 Å². The van der Waals surface area contributed by atoms with Gasteiger partial charge < -0.3 is 14.8 Å². The first-order chi connectivity index (χ1) is 9.38. The number of ether oxygens (including phenoxy) is 2.